The zero-order chi connectivity index (χ0) is 17.0. The Labute approximate surface area is 130 Å². The van der Waals surface area contributed by atoms with E-state index < -0.39 is 23.7 Å². The molecule has 0 aliphatic heterocycles. The molecule has 1 atom stereocenters. The summed E-state index contributed by atoms with van der Waals surface area (Å²) in [5, 5.41) is 8.92. The fourth-order valence-corrected chi connectivity index (χ4v) is 1.93. The number of halogens is 3. The second-order valence-corrected chi connectivity index (χ2v) is 4.87. The number of allylic oxidation sites excluding steroid dienone is 1. The van der Waals surface area contributed by atoms with Gasteiger partial charge >= 0.3 is 6.18 Å². The first-order valence-corrected chi connectivity index (χ1v) is 6.79. The van der Waals surface area contributed by atoms with Gasteiger partial charge in [0.05, 0.1) is 5.56 Å². The number of rotatable bonds is 4. The van der Waals surface area contributed by atoms with Crippen LogP contribution in [0.1, 0.15) is 36.8 Å². The first kappa shape index (κ1) is 16.7. The van der Waals surface area contributed by atoms with E-state index >= 15 is 0 Å². The van der Waals surface area contributed by atoms with Crippen LogP contribution in [0, 0.1) is 0 Å². The minimum Gasteiger partial charge on any atom is -0.338 e. The van der Waals surface area contributed by atoms with Crippen LogP contribution in [0.4, 0.5) is 13.2 Å². The average Bonchev–Trinajstić information content (AvgIpc) is 3.05. The topological polar surface area (TPSA) is 70.7 Å². The summed E-state index contributed by atoms with van der Waals surface area (Å²) in [6.45, 7) is 3.31. The number of nitrogens with zero attached hydrogens (tertiary/aromatic N) is 2. The lowest BCUT2D eigenvalue weighted by Crippen LogP contribution is -2.30. The highest BCUT2D eigenvalue weighted by atomic mass is 19.4. The minimum atomic E-state index is -4.47. The molecule has 0 spiro atoms. The molecule has 122 valence electrons. The van der Waals surface area contributed by atoms with E-state index in [1.54, 1.807) is 19.9 Å². The standard InChI is InChI=1S/C15H15F3N4O/c1-3-9(2)14(23)21-12(13-19-8-20-22-13)10-5-4-6-11(7-10)15(16,17)18/h3-8,12H,1-2H3,(H,21,23)(H,19,20,22)/b9-3-. The summed E-state index contributed by atoms with van der Waals surface area (Å²) in [6.07, 6.45) is -1.63. The summed E-state index contributed by atoms with van der Waals surface area (Å²) in [5.41, 5.74) is -0.0909. The Morgan fingerprint density at radius 2 is 2.13 bits per heavy atom. The van der Waals surface area contributed by atoms with Gasteiger partial charge in [-0.3, -0.25) is 9.89 Å². The number of hydrogen-bond acceptors (Lipinski definition) is 3. The van der Waals surface area contributed by atoms with Crippen LogP contribution >= 0.6 is 0 Å². The Morgan fingerprint density at radius 1 is 1.39 bits per heavy atom. The molecule has 1 aromatic carbocycles. The van der Waals surface area contributed by atoms with Gasteiger partial charge in [-0.15, -0.1) is 0 Å². The van der Waals surface area contributed by atoms with Crippen LogP contribution < -0.4 is 5.32 Å². The number of carbonyl (C=O) groups excluding carboxylic acids is 1. The highest BCUT2D eigenvalue weighted by molar-refractivity contribution is 5.93. The predicted molar refractivity (Wildman–Crippen MR) is 77.2 cm³/mol. The van der Waals surface area contributed by atoms with Crippen molar-refractivity contribution in [3.63, 3.8) is 0 Å². The molecule has 1 aromatic heterocycles. The third-order valence-electron chi connectivity index (χ3n) is 3.32. The van der Waals surface area contributed by atoms with E-state index in [1.807, 2.05) is 0 Å². The molecule has 0 saturated heterocycles. The highest BCUT2D eigenvalue weighted by Crippen LogP contribution is 2.31. The lowest BCUT2D eigenvalue weighted by molar-refractivity contribution is -0.137. The molecule has 2 aromatic rings. The lowest BCUT2D eigenvalue weighted by Gasteiger charge is -2.18. The number of hydrogen-bond donors (Lipinski definition) is 2. The van der Waals surface area contributed by atoms with Gasteiger partial charge in [-0.05, 0) is 31.5 Å². The fourth-order valence-electron chi connectivity index (χ4n) is 1.93. The SMILES string of the molecule is C/C=C(/C)C(=O)NC(c1cccc(C(F)(F)F)c1)c1ncn[nH]1. The Hall–Kier alpha value is -2.64. The van der Waals surface area contributed by atoms with Crippen LogP contribution in [-0.2, 0) is 11.0 Å². The van der Waals surface area contributed by atoms with Crippen molar-refractivity contribution in [1.29, 1.82) is 0 Å². The molecule has 1 unspecified atom stereocenters. The Balaban J connectivity index is 2.41. The maximum Gasteiger partial charge on any atom is 0.416 e. The summed E-state index contributed by atoms with van der Waals surface area (Å²) in [7, 11) is 0. The van der Waals surface area contributed by atoms with Crippen LogP contribution in [0.5, 0.6) is 0 Å². The number of H-pyrrole nitrogens is 1. The molecule has 0 saturated carbocycles. The first-order valence-electron chi connectivity index (χ1n) is 6.79. The molecule has 5 nitrogen and oxygen atoms in total. The minimum absolute atomic E-state index is 0.251. The lowest BCUT2D eigenvalue weighted by atomic mass is 10.0. The van der Waals surface area contributed by atoms with Gasteiger partial charge < -0.3 is 5.32 Å². The molecule has 1 heterocycles. The van der Waals surface area contributed by atoms with Crippen molar-refractivity contribution in [2.75, 3.05) is 0 Å². The maximum absolute atomic E-state index is 12.9. The monoisotopic (exact) mass is 324 g/mol. The highest BCUT2D eigenvalue weighted by Gasteiger charge is 2.31. The number of nitrogens with one attached hydrogen (secondary N) is 2. The number of aromatic amines is 1. The third-order valence-corrected chi connectivity index (χ3v) is 3.32. The predicted octanol–water partition coefficient (Wildman–Crippen LogP) is 3.00. The fraction of sp³-hybridized carbons (Fsp3) is 0.267. The van der Waals surface area contributed by atoms with Gasteiger partial charge in [0, 0.05) is 5.57 Å². The molecule has 2 N–H and O–H groups in total. The number of benzene rings is 1. The molecule has 0 aliphatic rings. The summed E-state index contributed by atoms with van der Waals surface area (Å²) in [5.74, 6) is -0.145. The smallest absolute Gasteiger partial charge is 0.338 e. The van der Waals surface area contributed by atoms with Gasteiger partial charge in [0.2, 0.25) is 5.91 Å². The van der Waals surface area contributed by atoms with E-state index in [2.05, 4.69) is 20.5 Å². The molecule has 2 rings (SSSR count). The van der Waals surface area contributed by atoms with Crippen LogP contribution in [-0.4, -0.2) is 21.1 Å². The Morgan fingerprint density at radius 3 is 2.70 bits per heavy atom. The van der Waals surface area contributed by atoms with E-state index in [0.29, 0.717) is 5.57 Å². The van der Waals surface area contributed by atoms with Crippen LogP contribution in [0.15, 0.2) is 42.2 Å². The molecule has 0 bridgehead atoms. The quantitative estimate of drug-likeness (QED) is 0.849. The van der Waals surface area contributed by atoms with Crippen molar-refractivity contribution >= 4 is 5.91 Å². The van der Waals surface area contributed by atoms with E-state index in [9.17, 15) is 18.0 Å². The van der Waals surface area contributed by atoms with Gasteiger partial charge in [0.25, 0.3) is 0 Å². The Kier molecular flexibility index (Phi) is 4.83. The molecule has 0 radical (unpaired) electrons. The summed E-state index contributed by atoms with van der Waals surface area (Å²) in [6, 6.07) is 3.88. The molecule has 1 amide bonds. The molecule has 23 heavy (non-hydrogen) atoms. The second kappa shape index (κ2) is 6.64. The van der Waals surface area contributed by atoms with Gasteiger partial charge in [-0.2, -0.15) is 18.3 Å². The van der Waals surface area contributed by atoms with Gasteiger partial charge in [0.1, 0.15) is 12.4 Å². The van der Waals surface area contributed by atoms with Crippen molar-refractivity contribution in [1.82, 2.24) is 20.5 Å². The normalized spacial score (nSPS) is 13.7. The first-order chi connectivity index (χ1) is 10.8. The second-order valence-electron chi connectivity index (χ2n) is 4.87. The molecule has 0 aliphatic carbocycles. The van der Waals surface area contributed by atoms with Crippen molar-refractivity contribution in [3.05, 3.63) is 59.2 Å². The largest absolute Gasteiger partial charge is 0.416 e. The van der Waals surface area contributed by atoms with Crippen LogP contribution in [0.3, 0.4) is 0 Å². The van der Waals surface area contributed by atoms with Crippen LogP contribution in [0.2, 0.25) is 0 Å². The number of carbonyl (C=O) groups is 1. The average molecular weight is 324 g/mol. The van der Waals surface area contributed by atoms with Crippen molar-refractivity contribution in [3.8, 4) is 0 Å². The van der Waals surface area contributed by atoms with Gasteiger partial charge in [0.15, 0.2) is 5.82 Å². The summed E-state index contributed by atoms with van der Waals surface area (Å²) in [4.78, 5) is 16.0. The maximum atomic E-state index is 12.9. The molecule has 8 heteroatoms. The van der Waals surface area contributed by atoms with E-state index in [4.69, 9.17) is 0 Å². The van der Waals surface area contributed by atoms with E-state index in [-0.39, 0.29) is 11.4 Å². The zero-order valence-corrected chi connectivity index (χ0v) is 12.5. The summed E-state index contributed by atoms with van der Waals surface area (Å²) >= 11 is 0. The van der Waals surface area contributed by atoms with Crippen molar-refractivity contribution in [2.24, 2.45) is 0 Å². The summed E-state index contributed by atoms with van der Waals surface area (Å²) < 4.78 is 38.7. The number of amides is 1. The molecular weight excluding hydrogens is 309 g/mol. The molecular formula is C15H15F3N4O. The van der Waals surface area contributed by atoms with E-state index in [1.165, 1.54) is 18.5 Å². The molecule has 0 fully saturated rings. The van der Waals surface area contributed by atoms with Crippen LogP contribution in [0.25, 0.3) is 0 Å². The van der Waals surface area contributed by atoms with Gasteiger partial charge in [-0.1, -0.05) is 18.2 Å². The number of alkyl halides is 3. The van der Waals surface area contributed by atoms with Crippen molar-refractivity contribution < 1.29 is 18.0 Å². The van der Waals surface area contributed by atoms with Crippen molar-refractivity contribution in [2.45, 2.75) is 26.1 Å². The van der Waals surface area contributed by atoms with Gasteiger partial charge in [-0.25, -0.2) is 4.98 Å². The van der Waals surface area contributed by atoms with E-state index in [0.717, 1.165) is 12.1 Å². The zero-order valence-electron chi connectivity index (χ0n) is 12.5. The number of aromatic nitrogens is 3. The Bertz CT molecular complexity index is 708. The third kappa shape index (κ3) is 3.97.